The Morgan fingerprint density at radius 1 is 1.18 bits per heavy atom. The fourth-order valence-corrected chi connectivity index (χ4v) is 10.1. The number of sulfonamides is 1. The van der Waals surface area contributed by atoms with Crippen molar-refractivity contribution in [1.82, 2.24) is 4.72 Å². The molecule has 0 aromatic heterocycles. The molecular formula is C35H45ClN2O5S. The van der Waals surface area contributed by atoms with Gasteiger partial charge in [-0.3, -0.25) is 4.79 Å². The third-order valence-electron chi connectivity index (χ3n) is 11.0. The van der Waals surface area contributed by atoms with E-state index in [1.54, 1.807) is 18.2 Å². The average molecular weight is 641 g/mol. The van der Waals surface area contributed by atoms with Gasteiger partial charge in [-0.2, -0.15) is 0 Å². The molecule has 2 aromatic carbocycles. The maximum absolute atomic E-state index is 13.6. The molecule has 9 heteroatoms. The number of aliphatic hydroxyl groups excluding tert-OH is 1. The van der Waals surface area contributed by atoms with Gasteiger partial charge in [0, 0.05) is 34.5 Å². The summed E-state index contributed by atoms with van der Waals surface area (Å²) in [5.74, 6) is 0.0723. The van der Waals surface area contributed by atoms with E-state index in [1.165, 1.54) is 11.1 Å². The standard InChI is InChI=1S/C35H45ClN2O5S/c1-4-7-31-23(2)8-5-10-32(39)34(3)17-15-26(34)20-38-21-35(16-6-9-24-18-27(36)12-13-28(24)35)22-43-30-14-11-25(19-29(30)38)33(40)37-44(31,41)42/h5,10-14,18-19,23,26,31-32,39H,4,6-9,15-17,20-22H2,1-3H3,(H,37,40)/b10-5+/t23-,26-,31-,32-,34?,35-/m0/s1. The van der Waals surface area contributed by atoms with Gasteiger partial charge in [-0.25, -0.2) is 13.1 Å². The van der Waals surface area contributed by atoms with Crippen LogP contribution in [0, 0.1) is 17.3 Å². The molecule has 1 fully saturated rings. The molecule has 1 saturated carbocycles. The first-order valence-electron chi connectivity index (χ1n) is 16.2. The number of carbonyl (C=O) groups is 1. The van der Waals surface area contributed by atoms with Crippen molar-refractivity contribution in [3.63, 3.8) is 0 Å². The van der Waals surface area contributed by atoms with Gasteiger partial charge in [-0.15, -0.1) is 0 Å². The Morgan fingerprint density at radius 2 is 2.00 bits per heavy atom. The zero-order valence-corrected chi connectivity index (χ0v) is 27.6. The number of rotatable bonds is 2. The highest BCUT2D eigenvalue weighted by Crippen LogP contribution is 2.52. The van der Waals surface area contributed by atoms with Crippen molar-refractivity contribution in [1.29, 1.82) is 0 Å². The topological polar surface area (TPSA) is 95.9 Å². The van der Waals surface area contributed by atoms with Crippen LogP contribution < -0.4 is 14.4 Å². The molecule has 1 amide bonds. The minimum absolute atomic E-state index is 0.220. The molecule has 4 aliphatic rings. The van der Waals surface area contributed by atoms with Gasteiger partial charge in [-0.05, 0) is 98.2 Å². The van der Waals surface area contributed by atoms with E-state index in [0.29, 0.717) is 50.3 Å². The molecule has 2 aliphatic carbocycles. The number of ether oxygens (including phenoxy) is 1. The lowest BCUT2D eigenvalue weighted by Crippen LogP contribution is -2.53. The monoisotopic (exact) mass is 640 g/mol. The molecule has 2 heterocycles. The van der Waals surface area contributed by atoms with Gasteiger partial charge in [0.25, 0.3) is 5.91 Å². The summed E-state index contributed by atoms with van der Waals surface area (Å²) in [6.45, 7) is 7.90. The molecule has 7 nitrogen and oxygen atoms in total. The number of anilines is 1. The quantitative estimate of drug-likeness (QED) is 0.368. The van der Waals surface area contributed by atoms with Crippen LogP contribution in [0.25, 0.3) is 0 Å². The lowest BCUT2D eigenvalue weighted by molar-refractivity contribution is -0.0469. The predicted octanol–water partition coefficient (Wildman–Crippen LogP) is 6.41. The Morgan fingerprint density at radius 3 is 2.75 bits per heavy atom. The van der Waals surface area contributed by atoms with E-state index in [1.807, 2.05) is 32.1 Å². The van der Waals surface area contributed by atoms with E-state index in [0.717, 1.165) is 42.8 Å². The fourth-order valence-electron chi connectivity index (χ4n) is 8.10. The minimum Gasteiger partial charge on any atom is -0.490 e. The first kappa shape index (κ1) is 31.4. The van der Waals surface area contributed by atoms with Crippen LogP contribution in [0.5, 0.6) is 5.75 Å². The Balaban J connectivity index is 1.44. The number of carbonyl (C=O) groups excluding carboxylic acids is 1. The highest BCUT2D eigenvalue weighted by molar-refractivity contribution is 7.90. The van der Waals surface area contributed by atoms with Crippen molar-refractivity contribution in [3.05, 3.63) is 70.3 Å². The molecule has 238 valence electrons. The molecule has 44 heavy (non-hydrogen) atoms. The molecule has 2 bridgehead atoms. The molecule has 2 aromatic rings. The lowest BCUT2D eigenvalue weighted by atomic mass is 9.58. The second kappa shape index (κ2) is 12.0. The number of aliphatic hydroxyl groups is 1. The third kappa shape index (κ3) is 5.67. The molecular weight excluding hydrogens is 596 g/mol. The van der Waals surface area contributed by atoms with E-state index < -0.39 is 27.3 Å². The number of allylic oxidation sites excluding steroid dienone is 1. The van der Waals surface area contributed by atoms with Gasteiger partial charge in [0.05, 0.1) is 23.6 Å². The SMILES string of the molecule is CCC[C@H]1[C@@H](C)C/C=C/[C@H](O)C2(C)CC[C@H]2CN2C[C@@]3(CCCc4cc(Cl)ccc43)COc3ccc(cc32)C(=O)NS1(=O)=O. The fraction of sp³-hybridized carbons (Fsp3) is 0.571. The van der Waals surface area contributed by atoms with Crippen LogP contribution in [0.4, 0.5) is 5.69 Å². The average Bonchev–Trinajstić information content (AvgIpc) is 3.13. The van der Waals surface area contributed by atoms with Crippen LogP contribution in [-0.4, -0.2) is 50.5 Å². The molecule has 6 rings (SSSR count). The number of hydrogen-bond acceptors (Lipinski definition) is 6. The van der Waals surface area contributed by atoms with Gasteiger partial charge in [-0.1, -0.05) is 57.0 Å². The third-order valence-corrected chi connectivity index (χ3v) is 13.3. The van der Waals surface area contributed by atoms with Crippen LogP contribution >= 0.6 is 11.6 Å². The number of benzene rings is 2. The summed E-state index contributed by atoms with van der Waals surface area (Å²) in [4.78, 5) is 15.9. The number of halogens is 1. The van der Waals surface area contributed by atoms with E-state index in [4.69, 9.17) is 16.3 Å². The molecule has 1 unspecified atom stereocenters. The van der Waals surface area contributed by atoms with Crippen LogP contribution in [0.1, 0.15) is 87.2 Å². The van der Waals surface area contributed by atoms with Crippen molar-refractivity contribution < 1.29 is 23.1 Å². The van der Waals surface area contributed by atoms with Crippen LogP contribution in [0.3, 0.4) is 0 Å². The van der Waals surface area contributed by atoms with E-state index in [-0.39, 0.29) is 22.7 Å². The minimum atomic E-state index is -3.95. The summed E-state index contributed by atoms with van der Waals surface area (Å²) >= 11 is 6.41. The number of nitrogens with one attached hydrogen (secondary N) is 1. The van der Waals surface area contributed by atoms with Crippen LogP contribution in [0.2, 0.25) is 5.02 Å². The van der Waals surface area contributed by atoms with Crippen molar-refractivity contribution in [3.8, 4) is 5.75 Å². The number of aryl methyl sites for hydroxylation is 1. The van der Waals surface area contributed by atoms with Crippen molar-refractivity contribution in [2.75, 3.05) is 24.6 Å². The molecule has 6 atom stereocenters. The highest BCUT2D eigenvalue weighted by atomic mass is 35.5. The predicted molar refractivity (Wildman–Crippen MR) is 175 cm³/mol. The summed E-state index contributed by atoms with van der Waals surface area (Å²) in [7, 11) is -3.95. The number of hydrogen-bond donors (Lipinski definition) is 2. The van der Waals surface area contributed by atoms with E-state index in [9.17, 15) is 18.3 Å². The van der Waals surface area contributed by atoms with E-state index in [2.05, 4.69) is 28.7 Å². The van der Waals surface area contributed by atoms with Crippen molar-refractivity contribution in [2.24, 2.45) is 17.3 Å². The molecule has 0 radical (unpaired) electrons. The normalized spacial score (nSPS) is 34.0. The summed E-state index contributed by atoms with van der Waals surface area (Å²) in [6, 6.07) is 11.4. The van der Waals surface area contributed by atoms with Crippen molar-refractivity contribution >= 4 is 33.2 Å². The Bertz CT molecular complexity index is 1560. The summed E-state index contributed by atoms with van der Waals surface area (Å²) in [5.41, 5.74) is 3.01. The van der Waals surface area contributed by atoms with Crippen molar-refractivity contribution in [2.45, 2.75) is 88.9 Å². The second-order valence-electron chi connectivity index (χ2n) is 13.9. The molecule has 2 aliphatic heterocycles. The van der Waals surface area contributed by atoms with Gasteiger partial charge >= 0.3 is 0 Å². The van der Waals surface area contributed by atoms with Gasteiger partial charge in [0.2, 0.25) is 10.0 Å². The molecule has 1 spiro atoms. The maximum atomic E-state index is 13.6. The first-order valence-corrected chi connectivity index (χ1v) is 18.1. The maximum Gasteiger partial charge on any atom is 0.264 e. The zero-order chi connectivity index (χ0) is 31.3. The summed E-state index contributed by atoms with van der Waals surface area (Å²) in [5, 5.41) is 11.5. The van der Waals surface area contributed by atoms with Gasteiger partial charge in [0.15, 0.2) is 0 Å². The van der Waals surface area contributed by atoms with Crippen LogP contribution in [-0.2, 0) is 21.9 Å². The molecule has 2 N–H and O–H groups in total. The highest BCUT2D eigenvalue weighted by Gasteiger charge is 2.49. The van der Waals surface area contributed by atoms with Gasteiger partial charge in [0.1, 0.15) is 5.75 Å². The Labute approximate surface area is 267 Å². The van der Waals surface area contributed by atoms with Gasteiger partial charge < -0.3 is 14.7 Å². The zero-order valence-electron chi connectivity index (χ0n) is 26.0. The number of fused-ring (bicyclic) bond motifs is 4. The number of amides is 1. The largest absolute Gasteiger partial charge is 0.490 e. The first-order chi connectivity index (χ1) is 21.0. The summed E-state index contributed by atoms with van der Waals surface area (Å²) < 4.78 is 36.1. The Hall–Kier alpha value is -2.55. The van der Waals surface area contributed by atoms with Crippen LogP contribution in [0.15, 0.2) is 48.6 Å². The number of nitrogens with zero attached hydrogens (tertiary/aromatic N) is 1. The lowest BCUT2D eigenvalue weighted by Gasteiger charge is -2.52. The summed E-state index contributed by atoms with van der Waals surface area (Å²) in [6.07, 6.45) is 9.66. The second-order valence-corrected chi connectivity index (χ2v) is 16.3. The Kier molecular flexibility index (Phi) is 8.57. The van der Waals surface area contributed by atoms with E-state index >= 15 is 0 Å². The molecule has 0 saturated heterocycles. The smallest absolute Gasteiger partial charge is 0.264 e.